The molecule has 0 spiro atoms. The quantitative estimate of drug-likeness (QED) is 0.400. The van der Waals surface area contributed by atoms with Crippen LogP contribution in [0, 0.1) is 0 Å². The molecule has 0 bridgehead atoms. The number of esters is 1. The first-order valence-electron chi connectivity index (χ1n) is 9.02. The monoisotopic (exact) mass is 400 g/mol. The van der Waals surface area contributed by atoms with Gasteiger partial charge in [0.2, 0.25) is 0 Å². The highest BCUT2D eigenvalue weighted by Crippen LogP contribution is 2.35. The van der Waals surface area contributed by atoms with Crippen LogP contribution in [-0.2, 0) is 4.74 Å². The molecule has 4 nitrogen and oxygen atoms in total. The van der Waals surface area contributed by atoms with Gasteiger partial charge in [-0.2, -0.15) is 0 Å². The minimum Gasteiger partial charge on any atom is -0.465 e. The van der Waals surface area contributed by atoms with Crippen molar-refractivity contribution >= 4 is 40.6 Å². The molecule has 0 saturated heterocycles. The van der Waals surface area contributed by atoms with Crippen molar-refractivity contribution in [3.05, 3.63) is 94.9 Å². The standard InChI is InChI=1S/C24H17ClN2O2/c1-29-24(28)23-21(11-9-16-6-5-13-26-15-16)27-20-12-10-18(25)14-19(20)22(23)17-7-3-2-4-8-17/h2-15H,1H3/b11-9+. The Morgan fingerprint density at radius 1 is 1.03 bits per heavy atom. The lowest BCUT2D eigenvalue weighted by molar-refractivity contribution is 0.0601. The van der Waals surface area contributed by atoms with E-state index in [4.69, 9.17) is 21.3 Å². The number of rotatable bonds is 4. The predicted molar refractivity (Wildman–Crippen MR) is 117 cm³/mol. The molecule has 0 N–H and O–H groups in total. The van der Waals surface area contributed by atoms with Gasteiger partial charge in [0.15, 0.2) is 0 Å². The van der Waals surface area contributed by atoms with Crippen molar-refractivity contribution in [3.63, 3.8) is 0 Å². The maximum atomic E-state index is 12.8. The SMILES string of the molecule is COC(=O)c1c(/C=C/c2cccnc2)nc2ccc(Cl)cc2c1-c1ccccc1. The second-order valence-corrected chi connectivity index (χ2v) is 6.82. The Morgan fingerprint density at radius 2 is 1.86 bits per heavy atom. The van der Waals surface area contributed by atoms with Crippen LogP contribution in [0.3, 0.4) is 0 Å². The molecule has 0 fully saturated rings. The second kappa shape index (κ2) is 8.25. The number of carbonyl (C=O) groups is 1. The zero-order valence-corrected chi connectivity index (χ0v) is 16.4. The molecule has 0 atom stereocenters. The summed E-state index contributed by atoms with van der Waals surface area (Å²) in [4.78, 5) is 21.7. The highest BCUT2D eigenvalue weighted by molar-refractivity contribution is 6.31. The van der Waals surface area contributed by atoms with Gasteiger partial charge >= 0.3 is 5.97 Å². The molecule has 0 radical (unpaired) electrons. The van der Waals surface area contributed by atoms with Crippen LogP contribution in [0.25, 0.3) is 34.2 Å². The third-order valence-electron chi connectivity index (χ3n) is 4.55. The minimum absolute atomic E-state index is 0.397. The Morgan fingerprint density at radius 3 is 2.59 bits per heavy atom. The van der Waals surface area contributed by atoms with Gasteiger partial charge in [0.1, 0.15) is 0 Å². The molecule has 0 aliphatic heterocycles. The number of aromatic nitrogens is 2. The predicted octanol–water partition coefficient (Wildman–Crippen LogP) is 5.91. The molecule has 4 rings (SSSR count). The van der Waals surface area contributed by atoms with Gasteiger partial charge in [-0.1, -0.05) is 54.1 Å². The smallest absolute Gasteiger partial charge is 0.340 e. The number of methoxy groups -OCH3 is 1. The first-order chi connectivity index (χ1) is 14.2. The average molecular weight is 401 g/mol. The van der Waals surface area contributed by atoms with Crippen molar-refractivity contribution in [1.29, 1.82) is 0 Å². The molecule has 5 heteroatoms. The topological polar surface area (TPSA) is 52.1 Å². The number of ether oxygens (including phenoxy) is 1. The third kappa shape index (κ3) is 3.89. The molecular weight excluding hydrogens is 384 g/mol. The summed E-state index contributed by atoms with van der Waals surface area (Å²) in [6, 6.07) is 19.0. The molecule has 0 amide bonds. The number of pyridine rings is 2. The number of hydrogen-bond acceptors (Lipinski definition) is 4. The van der Waals surface area contributed by atoms with Crippen LogP contribution in [0.5, 0.6) is 0 Å². The van der Waals surface area contributed by atoms with Crippen LogP contribution < -0.4 is 0 Å². The number of halogens is 1. The maximum Gasteiger partial charge on any atom is 0.340 e. The first-order valence-corrected chi connectivity index (χ1v) is 9.40. The normalized spacial score (nSPS) is 11.1. The zero-order valence-electron chi connectivity index (χ0n) is 15.7. The zero-order chi connectivity index (χ0) is 20.2. The molecule has 0 saturated carbocycles. The van der Waals surface area contributed by atoms with E-state index in [0.717, 1.165) is 27.6 Å². The van der Waals surface area contributed by atoms with Crippen molar-refractivity contribution in [2.75, 3.05) is 7.11 Å². The van der Waals surface area contributed by atoms with Gasteiger partial charge in [0.25, 0.3) is 0 Å². The molecule has 2 aromatic carbocycles. The summed E-state index contributed by atoms with van der Waals surface area (Å²) < 4.78 is 5.11. The summed E-state index contributed by atoms with van der Waals surface area (Å²) in [5, 5.41) is 1.37. The largest absolute Gasteiger partial charge is 0.465 e. The molecule has 2 heterocycles. The highest BCUT2D eigenvalue weighted by atomic mass is 35.5. The fraction of sp³-hybridized carbons (Fsp3) is 0.0417. The number of fused-ring (bicyclic) bond motifs is 1. The van der Waals surface area contributed by atoms with Crippen LogP contribution in [-0.4, -0.2) is 23.0 Å². The molecule has 142 valence electrons. The summed E-state index contributed by atoms with van der Waals surface area (Å²) in [7, 11) is 1.37. The van der Waals surface area contributed by atoms with Gasteiger partial charge < -0.3 is 4.74 Å². The minimum atomic E-state index is -0.455. The second-order valence-electron chi connectivity index (χ2n) is 6.39. The lowest BCUT2D eigenvalue weighted by Gasteiger charge is -2.15. The summed E-state index contributed by atoms with van der Waals surface area (Å²) in [5.74, 6) is -0.455. The van der Waals surface area contributed by atoms with Crippen LogP contribution >= 0.6 is 11.6 Å². The van der Waals surface area contributed by atoms with Crippen molar-refractivity contribution < 1.29 is 9.53 Å². The Hall–Kier alpha value is -3.50. The highest BCUT2D eigenvalue weighted by Gasteiger charge is 2.22. The number of benzene rings is 2. The molecule has 4 aromatic rings. The molecule has 29 heavy (non-hydrogen) atoms. The van der Waals surface area contributed by atoms with Crippen LogP contribution in [0.2, 0.25) is 5.02 Å². The van der Waals surface area contributed by atoms with Gasteiger partial charge in [-0.05, 0) is 41.5 Å². The van der Waals surface area contributed by atoms with Crippen LogP contribution in [0.4, 0.5) is 0 Å². The van der Waals surface area contributed by atoms with Crippen molar-refractivity contribution in [2.24, 2.45) is 0 Å². The molecular formula is C24H17ClN2O2. The van der Waals surface area contributed by atoms with E-state index in [2.05, 4.69) is 4.98 Å². The lowest BCUT2D eigenvalue weighted by Crippen LogP contribution is -2.09. The van der Waals surface area contributed by atoms with Crippen molar-refractivity contribution in [1.82, 2.24) is 9.97 Å². The fourth-order valence-electron chi connectivity index (χ4n) is 3.24. The van der Waals surface area contributed by atoms with Gasteiger partial charge in [-0.3, -0.25) is 4.98 Å². The molecule has 0 aliphatic rings. The Balaban J connectivity index is 2.04. The average Bonchev–Trinajstić information content (AvgIpc) is 2.77. The van der Waals surface area contributed by atoms with Gasteiger partial charge in [-0.15, -0.1) is 0 Å². The van der Waals surface area contributed by atoms with Gasteiger partial charge in [0.05, 0.1) is 23.9 Å². The van der Waals surface area contributed by atoms with Crippen LogP contribution in [0.1, 0.15) is 21.6 Å². The fourth-order valence-corrected chi connectivity index (χ4v) is 3.41. The Kier molecular flexibility index (Phi) is 5.36. The van der Waals surface area contributed by atoms with E-state index in [1.807, 2.05) is 66.7 Å². The van der Waals surface area contributed by atoms with Crippen LogP contribution in [0.15, 0.2) is 73.1 Å². The van der Waals surface area contributed by atoms with E-state index in [1.165, 1.54) is 7.11 Å². The number of hydrogen-bond donors (Lipinski definition) is 0. The van der Waals surface area contributed by atoms with E-state index in [0.29, 0.717) is 16.3 Å². The Bertz CT molecular complexity index is 1210. The molecule has 2 aromatic heterocycles. The summed E-state index contributed by atoms with van der Waals surface area (Å²) in [6.45, 7) is 0. The van der Waals surface area contributed by atoms with E-state index in [9.17, 15) is 4.79 Å². The number of carbonyl (C=O) groups excluding carboxylic acids is 1. The van der Waals surface area contributed by atoms with Crippen molar-refractivity contribution in [3.8, 4) is 11.1 Å². The van der Waals surface area contributed by atoms with Crippen molar-refractivity contribution in [2.45, 2.75) is 0 Å². The Labute approximate surface area is 173 Å². The molecule has 0 unspecified atom stereocenters. The third-order valence-corrected chi connectivity index (χ3v) is 4.78. The number of nitrogens with zero attached hydrogens (tertiary/aromatic N) is 2. The summed E-state index contributed by atoms with van der Waals surface area (Å²) in [5.41, 5.74) is 4.20. The molecule has 0 aliphatic carbocycles. The summed E-state index contributed by atoms with van der Waals surface area (Å²) >= 11 is 6.26. The van der Waals surface area contributed by atoms with E-state index in [1.54, 1.807) is 18.5 Å². The lowest BCUT2D eigenvalue weighted by atomic mass is 9.93. The maximum absolute atomic E-state index is 12.8. The van der Waals surface area contributed by atoms with E-state index < -0.39 is 5.97 Å². The van der Waals surface area contributed by atoms with E-state index in [-0.39, 0.29) is 0 Å². The van der Waals surface area contributed by atoms with E-state index >= 15 is 0 Å². The summed E-state index contributed by atoms with van der Waals surface area (Å²) in [6.07, 6.45) is 7.14. The van der Waals surface area contributed by atoms with Gasteiger partial charge in [-0.25, -0.2) is 9.78 Å². The van der Waals surface area contributed by atoms with Gasteiger partial charge in [0, 0.05) is 28.4 Å². The first kappa shape index (κ1) is 18.8.